The summed E-state index contributed by atoms with van der Waals surface area (Å²) in [6.45, 7) is 3.68. The molecule has 1 amide bonds. The molecule has 0 aliphatic carbocycles. The zero-order valence-corrected chi connectivity index (χ0v) is 16.4. The molecule has 136 valence electrons. The zero-order valence-electron chi connectivity index (χ0n) is 14.0. The highest BCUT2D eigenvalue weighted by atomic mass is 32.2. The van der Waals surface area contributed by atoms with Crippen molar-refractivity contribution in [2.45, 2.75) is 10.8 Å². The van der Waals surface area contributed by atoms with E-state index < -0.39 is 10.0 Å². The molecule has 3 rings (SSSR count). The molecule has 2 aromatic heterocycles. The van der Waals surface area contributed by atoms with E-state index in [-0.39, 0.29) is 16.7 Å². The van der Waals surface area contributed by atoms with E-state index in [0.29, 0.717) is 13.1 Å². The Labute approximate surface area is 156 Å². The van der Waals surface area contributed by atoms with E-state index in [1.54, 1.807) is 33.7 Å². The fourth-order valence-electron chi connectivity index (χ4n) is 2.72. The van der Waals surface area contributed by atoms with Crippen LogP contribution >= 0.6 is 22.7 Å². The van der Waals surface area contributed by atoms with E-state index in [1.807, 2.05) is 6.07 Å². The molecule has 0 saturated carbocycles. The van der Waals surface area contributed by atoms with Gasteiger partial charge in [-0.05, 0) is 22.9 Å². The lowest BCUT2D eigenvalue weighted by Crippen LogP contribution is -2.50. The summed E-state index contributed by atoms with van der Waals surface area (Å²) in [7, 11) is -2.12. The Kier molecular flexibility index (Phi) is 5.90. The molecule has 0 spiro atoms. The van der Waals surface area contributed by atoms with Gasteiger partial charge in [-0.3, -0.25) is 9.69 Å². The molecule has 0 atom stereocenters. The van der Waals surface area contributed by atoms with E-state index in [4.69, 9.17) is 0 Å². The first kappa shape index (κ1) is 18.5. The Morgan fingerprint density at radius 2 is 1.80 bits per heavy atom. The van der Waals surface area contributed by atoms with Crippen molar-refractivity contribution < 1.29 is 13.2 Å². The Bertz CT molecular complexity index is 780. The van der Waals surface area contributed by atoms with Crippen molar-refractivity contribution in [3.05, 3.63) is 39.9 Å². The SMILES string of the molecule is CN(CC(=O)N1CCN(Cc2cccs2)CC1)S(=O)(=O)c1cccs1. The molecule has 6 nitrogen and oxygen atoms in total. The van der Waals surface area contributed by atoms with Crippen molar-refractivity contribution in [3.8, 4) is 0 Å². The molecule has 1 aliphatic rings. The van der Waals surface area contributed by atoms with Gasteiger partial charge in [-0.2, -0.15) is 4.31 Å². The van der Waals surface area contributed by atoms with Crippen LogP contribution in [0.25, 0.3) is 0 Å². The van der Waals surface area contributed by atoms with Crippen LogP contribution in [-0.2, 0) is 21.4 Å². The second-order valence-electron chi connectivity index (χ2n) is 5.93. The molecule has 0 aromatic carbocycles. The topological polar surface area (TPSA) is 60.9 Å². The number of thiophene rings is 2. The quantitative estimate of drug-likeness (QED) is 0.743. The molecule has 25 heavy (non-hydrogen) atoms. The van der Waals surface area contributed by atoms with Crippen molar-refractivity contribution in [1.29, 1.82) is 0 Å². The summed E-state index contributed by atoms with van der Waals surface area (Å²) in [5, 5.41) is 3.79. The fourth-order valence-corrected chi connectivity index (χ4v) is 5.79. The first-order chi connectivity index (χ1) is 12.0. The Hall–Kier alpha value is -1.26. The molecule has 0 N–H and O–H groups in total. The van der Waals surface area contributed by atoms with Gasteiger partial charge in [0.2, 0.25) is 5.91 Å². The lowest BCUT2D eigenvalue weighted by Gasteiger charge is -2.35. The monoisotopic (exact) mass is 399 g/mol. The molecule has 1 fully saturated rings. The molecule has 0 unspecified atom stereocenters. The van der Waals surface area contributed by atoms with Gasteiger partial charge in [-0.25, -0.2) is 8.42 Å². The van der Waals surface area contributed by atoms with Crippen molar-refractivity contribution in [3.63, 3.8) is 0 Å². The molecule has 9 heteroatoms. The average molecular weight is 400 g/mol. The van der Waals surface area contributed by atoms with Crippen LogP contribution in [0.3, 0.4) is 0 Å². The highest BCUT2D eigenvalue weighted by Crippen LogP contribution is 2.20. The number of likely N-dealkylation sites (N-methyl/N-ethyl adjacent to an activating group) is 1. The molecule has 2 aromatic rings. The third kappa shape index (κ3) is 4.48. The van der Waals surface area contributed by atoms with Gasteiger partial charge in [-0.1, -0.05) is 12.1 Å². The predicted molar refractivity (Wildman–Crippen MR) is 100 cm³/mol. The summed E-state index contributed by atoms with van der Waals surface area (Å²) in [6, 6.07) is 7.42. The van der Waals surface area contributed by atoms with Crippen LogP contribution in [0.2, 0.25) is 0 Å². The molecule has 0 bridgehead atoms. The fraction of sp³-hybridized carbons (Fsp3) is 0.438. The summed E-state index contributed by atoms with van der Waals surface area (Å²) in [6.07, 6.45) is 0. The van der Waals surface area contributed by atoms with Crippen molar-refractivity contribution in [2.75, 3.05) is 39.8 Å². The van der Waals surface area contributed by atoms with Gasteiger partial charge >= 0.3 is 0 Å². The molecular weight excluding hydrogens is 378 g/mol. The van der Waals surface area contributed by atoms with E-state index in [1.165, 1.54) is 11.9 Å². The molecule has 0 radical (unpaired) electrons. The number of piperazine rings is 1. The van der Waals surface area contributed by atoms with Gasteiger partial charge < -0.3 is 4.90 Å². The highest BCUT2D eigenvalue weighted by molar-refractivity contribution is 7.91. The number of hydrogen-bond acceptors (Lipinski definition) is 6. The maximum Gasteiger partial charge on any atom is 0.252 e. The smallest absolute Gasteiger partial charge is 0.252 e. The van der Waals surface area contributed by atoms with Crippen LogP contribution in [-0.4, -0.2) is 68.2 Å². The number of nitrogens with zero attached hydrogens (tertiary/aromatic N) is 3. The van der Waals surface area contributed by atoms with E-state index >= 15 is 0 Å². The van der Waals surface area contributed by atoms with E-state index in [9.17, 15) is 13.2 Å². The summed E-state index contributed by atoms with van der Waals surface area (Å²) >= 11 is 2.90. The maximum absolute atomic E-state index is 12.5. The number of carbonyl (C=O) groups is 1. The highest BCUT2D eigenvalue weighted by Gasteiger charge is 2.27. The number of hydrogen-bond donors (Lipinski definition) is 0. The number of carbonyl (C=O) groups excluding carboxylic acids is 1. The first-order valence-corrected chi connectivity index (χ1v) is 11.2. The normalized spacial score (nSPS) is 16.5. The van der Waals surface area contributed by atoms with E-state index in [2.05, 4.69) is 16.3 Å². The summed E-state index contributed by atoms with van der Waals surface area (Å²) < 4.78 is 26.2. The van der Waals surface area contributed by atoms with E-state index in [0.717, 1.165) is 35.3 Å². The standard InChI is InChI=1S/C16H21N3O3S3/c1-17(25(21,22)16-5-3-11-24-16)13-15(20)19-8-6-18(7-9-19)12-14-4-2-10-23-14/h2-5,10-11H,6-9,12-13H2,1H3. The molecule has 1 aliphatic heterocycles. The number of sulfonamides is 1. The lowest BCUT2D eigenvalue weighted by atomic mass is 10.3. The van der Waals surface area contributed by atoms with Gasteiger partial charge in [-0.15, -0.1) is 22.7 Å². The third-order valence-corrected chi connectivity index (χ3v) is 8.24. The zero-order chi connectivity index (χ0) is 17.9. The van der Waals surface area contributed by atoms with Gasteiger partial charge in [0.05, 0.1) is 6.54 Å². The van der Waals surface area contributed by atoms with Gasteiger partial charge in [0.25, 0.3) is 10.0 Å². The Morgan fingerprint density at radius 1 is 1.12 bits per heavy atom. The third-order valence-electron chi connectivity index (χ3n) is 4.20. The number of amides is 1. The minimum absolute atomic E-state index is 0.120. The van der Waals surface area contributed by atoms with Crippen LogP contribution in [0.4, 0.5) is 0 Å². The van der Waals surface area contributed by atoms with Gasteiger partial charge in [0.1, 0.15) is 4.21 Å². The largest absolute Gasteiger partial charge is 0.339 e. The first-order valence-electron chi connectivity index (χ1n) is 7.99. The summed E-state index contributed by atoms with van der Waals surface area (Å²) in [5.74, 6) is -0.140. The maximum atomic E-state index is 12.5. The van der Waals surface area contributed by atoms with Crippen LogP contribution in [0.5, 0.6) is 0 Å². The van der Waals surface area contributed by atoms with Crippen LogP contribution in [0, 0.1) is 0 Å². The second kappa shape index (κ2) is 7.96. The average Bonchev–Trinajstić information content (AvgIpc) is 3.29. The number of rotatable bonds is 6. The summed E-state index contributed by atoms with van der Waals surface area (Å²) in [4.78, 5) is 17.9. The summed E-state index contributed by atoms with van der Waals surface area (Å²) in [5.41, 5.74) is 0. The minimum Gasteiger partial charge on any atom is -0.339 e. The van der Waals surface area contributed by atoms with Crippen LogP contribution in [0.1, 0.15) is 4.88 Å². The molecule has 3 heterocycles. The van der Waals surface area contributed by atoms with Crippen molar-refractivity contribution >= 4 is 38.6 Å². The molecule has 1 saturated heterocycles. The van der Waals surface area contributed by atoms with Crippen molar-refractivity contribution in [1.82, 2.24) is 14.1 Å². The Morgan fingerprint density at radius 3 is 2.40 bits per heavy atom. The lowest BCUT2D eigenvalue weighted by molar-refractivity contribution is -0.133. The van der Waals surface area contributed by atoms with Crippen LogP contribution < -0.4 is 0 Å². The molecular formula is C16H21N3O3S3. The van der Waals surface area contributed by atoms with Gasteiger partial charge in [0, 0.05) is 44.6 Å². The van der Waals surface area contributed by atoms with Crippen LogP contribution in [0.15, 0.2) is 39.2 Å². The van der Waals surface area contributed by atoms with Gasteiger partial charge in [0.15, 0.2) is 0 Å². The Balaban J connectivity index is 1.51. The predicted octanol–water partition coefficient (Wildman–Crippen LogP) is 1.77. The minimum atomic E-state index is -3.58. The van der Waals surface area contributed by atoms with Crippen molar-refractivity contribution in [2.24, 2.45) is 0 Å². The second-order valence-corrected chi connectivity index (χ2v) is 10.2.